The number of carbonyl (C=O) groups excluding carboxylic acids is 1. The highest BCUT2D eigenvalue weighted by molar-refractivity contribution is 5.91. The number of nitrogens with zero attached hydrogens (tertiary/aromatic N) is 3. The predicted octanol–water partition coefficient (Wildman–Crippen LogP) is 1.03. The third-order valence-electron chi connectivity index (χ3n) is 2.85. The minimum absolute atomic E-state index is 0.103. The molecule has 0 aliphatic carbocycles. The lowest BCUT2D eigenvalue weighted by atomic mass is 10.2. The molecule has 1 amide bonds. The van der Waals surface area contributed by atoms with E-state index in [2.05, 4.69) is 10.4 Å². The molecular formula is C11H18N4O. The van der Waals surface area contributed by atoms with Gasteiger partial charge < -0.3 is 4.57 Å². The van der Waals surface area contributed by atoms with E-state index in [1.807, 2.05) is 16.5 Å². The number of aryl methyl sites for hydroxylation is 1. The second-order valence-corrected chi connectivity index (χ2v) is 4.08. The number of nitrogens with one attached hydrogen (secondary N) is 1. The number of hydrogen-bond donors (Lipinski definition) is 1. The van der Waals surface area contributed by atoms with Crippen LogP contribution in [0.4, 0.5) is 0 Å². The number of rotatable bonds is 3. The molecule has 1 aliphatic heterocycles. The molecule has 1 N–H and O–H groups in total. The topological polar surface area (TPSA) is 50.2 Å². The van der Waals surface area contributed by atoms with Crippen LogP contribution in [0.25, 0.3) is 0 Å². The summed E-state index contributed by atoms with van der Waals surface area (Å²) in [5.74, 6) is -0.103. The standard InChI is InChI=1S/C11H18N4O/c1-2-14-8-10(12-9-14)11(16)13-15-6-4-3-5-7-15/h8-9H,2-7H2,1H3,(H,13,16). The lowest BCUT2D eigenvalue weighted by Gasteiger charge is -2.26. The third-order valence-corrected chi connectivity index (χ3v) is 2.85. The molecule has 2 heterocycles. The molecule has 2 rings (SSSR count). The number of hydrazine groups is 1. The second kappa shape index (κ2) is 5.12. The fourth-order valence-electron chi connectivity index (χ4n) is 1.86. The minimum atomic E-state index is -0.103. The van der Waals surface area contributed by atoms with Crippen molar-refractivity contribution in [1.29, 1.82) is 0 Å². The van der Waals surface area contributed by atoms with Crippen LogP contribution in [-0.4, -0.2) is 33.6 Å². The number of carbonyl (C=O) groups is 1. The molecule has 1 fully saturated rings. The number of hydrogen-bond acceptors (Lipinski definition) is 3. The van der Waals surface area contributed by atoms with Crippen LogP contribution in [0.2, 0.25) is 0 Å². The van der Waals surface area contributed by atoms with Gasteiger partial charge in [-0.05, 0) is 19.8 Å². The molecule has 0 aromatic carbocycles. The Kier molecular flexibility index (Phi) is 3.56. The molecule has 5 heteroatoms. The van der Waals surface area contributed by atoms with Crippen molar-refractivity contribution in [3.63, 3.8) is 0 Å². The highest BCUT2D eigenvalue weighted by Crippen LogP contribution is 2.06. The summed E-state index contributed by atoms with van der Waals surface area (Å²) in [7, 11) is 0. The van der Waals surface area contributed by atoms with E-state index in [4.69, 9.17) is 0 Å². The van der Waals surface area contributed by atoms with Gasteiger partial charge in [-0.2, -0.15) is 0 Å². The van der Waals surface area contributed by atoms with Gasteiger partial charge in [-0.1, -0.05) is 6.42 Å². The monoisotopic (exact) mass is 222 g/mol. The SMILES string of the molecule is CCn1cnc(C(=O)NN2CCCCC2)c1. The van der Waals surface area contributed by atoms with Gasteiger partial charge in [0.25, 0.3) is 5.91 Å². The highest BCUT2D eigenvalue weighted by Gasteiger charge is 2.15. The molecule has 1 aromatic heterocycles. The van der Waals surface area contributed by atoms with E-state index in [-0.39, 0.29) is 5.91 Å². The summed E-state index contributed by atoms with van der Waals surface area (Å²) in [5, 5.41) is 1.98. The fourth-order valence-corrected chi connectivity index (χ4v) is 1.86. The van der Waals surface area contributed by atoms with Gasteiger partial charge in [-0.15, -0.1) is 0 Å². The number of piperidine rings is 1. The van der Waals surface area contributed by atoms with Crippen LogP contribution in [0.15, 0.2) is 12.5 Å². The van der Waals surface area contributed by atoms with Crippen LogP contribution in [0.1, 0.15) is 36.7 Å². The van der Waals surface area contributed by atoms with Crippen LogP contribution < -0.4 is 5.43 Å². The average molecular weight is 222 g/mol. The van der Waals surface area contributed by atoms with Gasteiger partial charge in [0.05, 0.1) is 6.33 Å². The van der Waals surface area contributed by atoms with Crippen LogP contribution in [-0.2, 0) is 6.54 Å². The molecule has 5 nitrogen and oxygen atoms in total. The molecule has 0 radical (unpaired) electrons. The summed E-state index contributed by atoms with van der Waals surface area (Å²) in [6.45, 7) is 4.75. The Morgan fingerprint density at radius 3 is 2.81 bits per heavy atom. The molecule has 0 unspecified atom stereocenters. The molecule has 0 spiro atoms. The number of imidazole rings is 1. The first kappa shape index (κ1) is 11.1. The summed E-state index contributed by atoms with van der Waals surface area (Å²) in [5.41, 5.74) is 3.38. The van der Waals surface area contributed by atoms with Gasteiger partial charge in [0.2, 0.25) is 0 Å². The molecule has 0 bridgehead atoms. The van der Waals surface area contributed by atoms with E-state index >= 15 is 0 Å². The second-order valence-electron chi connectivity index (χ2n) is 4.08. The van der Waals surface area contributed by atoms with Gasteiger partial charge >= 0.3 is 0 Å². The lowest BCUT2D eigenvalue weighted by Crippen LogP contribution is -2.45. The summed E-state index contributed by atoms with van der Waals surface area (Å²) in [6.07, 6.45) is 7.04. The van der Waals surface area contributed by atoms with Crippen LogP contribution in [0.5, 0.6) is 0 Å². The van der Waals surface area contributed by atoms with Crippen molar-refractivity contribution in [1.82, 2.24) is 20.0 Å². The van der Waals surface area contributed by atoms with E-state index in [0.717, 1.165) is 32.5 Å². The Labute approximate surface area is 95.4 Å². The van der Waals surface area contributed by atoms with Crippen molar-refractivity contribution in [3.05, 3.63) is 18.2 Å². The van der Waals surface area contributed by atoms with Crippen LogP contribution in [0.3, 0.4) is 0 Å². The molecule has 0 saturated carbocycles. The summed E-state index contributed by atoms with van der Waals surface area (Å²) >= 11 is 0. The molecule has 88 valence electrons. The highest BCUT2D eigenvalue weighted by atomic mass is 16.2. The van der Waals surface area contributed by atoms with E-state index in [1.165, 1.54) is 6.42 Å². The maximum atomic E-state index is 11.8. The van der Waals surface area contributed by atoms with E-state index in [0.29, 0.717) is 5.69 Å². The summed E-state index contributed by atoms with van der Waals surface area (Å²) in [6, 6.07) is 0. The molecule has 1 aromatic rings. The lowest BCUT2D eigenvalue weighted by molar-refractivity contribution is 0.0745. The van der Waals surface area contributed by atoms with Crippen molar-refractivity contribution in [3.8, 4) is 0 Å². The third kappa shape index (κ3) is 2.61. The molecule has 0 atom stereocenters. The number of aromatic nitrogens is 2. The van der Waals surface area contributed by atoms with Crippen LogP contribution in [0, 0.1) is 0 Å². The maximum absolute atomic E-state index is 11.8. The fraction of sp³-hybridized carbons (Fsp3) is 0.636. The van der Waals surface area contributed by atoms with Crippen molar-refractivity contribution >= 4 is 5.91 Å². The van der Waals surface area contributed by atoms with Crippen molar-refractivity contribution < 1.29 is 4.79 Å². The first-order valence-corrected chi connectivity index (χ1v) is 5.87. The first-order valence-electron chi connectivity index (χ1n) is 5.87. The minimum Gasteiger partial charge on any atom is -0.337 e. The van der Waals surface area contributed by atoms with Crippen molar-refractivity contribution in [2.24, 2.45) is 0 Å². The zero-order valence-electron chi connectivity index (χ0n) is 9.65. The first-order chi connectivity index (χ1) is 7.79. The molecular weight excluding hydrogens is 204 g/mol. The summed E-state index contributed by atoms with van der Waals surface area (Å²) in [4.78, 5) is 15.9. The number of amides is 1. The Hall–Kier alpha value is -1.36. The van der Waals surface area contributed by atoms with Crippen molar-refractivity contribution in [2.75, 3.05) is 13.1 Å². The largest absolute Gasteiger partial charge is 0.337 e. The van der Waals surface area contributed by atoms with E-state index in [1.54, 1.807) is 12.5 Å². The summed E-state index contributed by atoms with van der Waals surface area (Å²) < 4.78 is 1.89. The predicted molar refractivity (Wildman–Crippen MR) is 60.8 cm³/mol. The molecule has 16 heavy (non-hydrogen) atoms. The van der Waals surface area contributed by atoms with Gasteiger partial charge in [0.15, 0.2) is 0 Å². The zero-order chi connectivity index (χ0) is 11.4. The molecule has 1 aliphatic rings. The van der Waals surface area contributed by atoms with Gasteiger partial charge in [0, 0.05) is 25.8 Å². The van der Waals surface area contributed by atoms with Gasteiger partial charge in [0.1, 0.15) is 5.69 Å². The maximum Gasteiger partial charge on any atom is 0.285 e. The Morgan fingerprint density at radius 2 is 2.19 bits per heavy atom. The van der Waals surface area contributed by atoms with Gasteiger partial charge in [-0.3, -0.25) is 10.2 Å². The van der Waals surface area contributed by atoms with Gasteiger partial charge in [-0.25, -0.2) is 9.99 Å². The molecule has 1 saturated heterocycles. The Balaban J connectivity index is 1.91. The normalized spacial score (nSPS) is 17.3. The average Bonchev–Trinajstić information content (AvgIpc) is 2.79. The smallest absolute Gasteiger partial charge is 0.285 e. The van der Waals surface area contributed by atoms with E-state index < -0.39 is 0 Å². The van der Waals surface area contributed by atoms with Crippen LogP contribution >= 0.6 is 0 Å². The quantitative estimate of drug-likeness (QED) is 0.831. The van der Waals surface area contributed by atoms with Crippen molar-refractivity contribution in [2.45, 2.75) is 32.7 Å². The Morgan fingerprint density at radius 1 is 1.44 bits per heavy atom. The Bertz CT molecular complexity index is 355. The zero-order valence-corrected chi connectivity index (χ0v) is 9.65. The van der Waals surface area contributed by atoms with E-state index in [9.17, 15) is 4.79 Å².